The van der Waals surface area contributed by atoms with Crippen molar-refractivity contribution < 1.29 is 9.50 Å². The summed E-state index contributed by atoms with van der Waals surface area (Å²) < 4.78 is 13.2. The second kappa shape index (κ2) is 3.76. The molecular formula is C12H14ClFO. The number of hydrogen-bond donors (Lipinski definition) is 1. The predicted molar refractivity (Wildman–Crippen MR) is 58.4 cm³/mol. The Labute approximate surface area is 93.9 Å². The Morgan fingerprint density at radius 3 is 2.67 bits per heavy atom. The van der Waals surface area contributed by atoms with E-state index in [-0.39, 0.29) is 11.7 Å². The topological polar surface area (TPSA) is 20.2 Å². The highest BCUT2D eigenvalue weighted by Gasteiger charge is 2.40. The second-order valence-corrected chi connectivity index (χ2v) is 4.85. The maximum absolute atomic E-state index is 13.2. The molecule has 1 aliphatic carbocycles. The summed E-state index contributed by atoms with van der Waals surface area (Å²) in [7, 11) is 0. The van der Waals surface area contributed by atoms with Crippen LogP contribution in [0.3, 0.4) is 0 Å². The lowest BCUT2D eigenvalue weighted by molar-refractivity contribution is 0.148. The van der Waals surface area contributed by atoms with Crippen LogP contribution < -0.4 is 0 Å². The van der Waals surface area contributed by atoms with E-state index < -0.39 is 6.10 Å². The van der Waals surface area contributed by atoms with Crippen molar-refractivity contribution >= 4 is 11.6 Å². The van der Waals surface area contributed by atoms with Gasteiger partial charge in [-0.1, -0.05) is 18.5 Å². The van der Waals surface area contributed by atoms with Crippen LogP contribution in [0.1, 0.15) is 30.6 Å². The molecule has 15 heavy (non-hydrogen) atoms. The molecule has 3 atom stereocenters. The lowest BCUT2D eigenvalue weighted by Gasteiger charge is -2.13. The van der Waals surface area contributed by atoms with Crippen LogP contribution in [-0.2, 0) is 0 Å². The van der Waals surface area contributed by atoms with Gasteiger partial charge in [-0.05, 0) is 48.4 Å². The highest BCUT2D eigenvalue weighted by atomic mass is 35.5. The summed E-state index contributed by atoms with van der Waals surface area (Å²) in [5.74, 6) is 0.508. The Morgan fingerprint density at radius 2 is 2.13 bits per heavy atom. The van der Waals surface area contributed by atoms with Crippen LogP contribution in [0.2, 0.25) is 5.02 Å². The van der Waals surface area contributed by atoms with Gasteiger partial charge in [0.15, 0.2) is 0 Å². The quantitative estimate of drug-likeness (QED) is 0.822. The van der Waals surface area contributed by atoms with Gasteiger partial charge in [0.25, 0.3) is 0 Å². The molecule has 2 rings (SSSR count). The van der Waals surface area contributed by atoms with E-state index in [1.165, 1.54) is 6.07 Å². The Hall–Kier alpha value is -0.600. The minimum Gasteiger partial charge on any atom is -0.388 e. The first-order valence-corrected chi connectivity index (χ1v) is 5.52. The molecule has 0 saturated heterocycles. The minimum atomic E-state index is -0.549. The van der Waals surface area contributed by atoms with Crippen LogP contribution in [0.4, 0.5) is 4.39 Å². The monoisotopic (exact) mass is 228 g/mol. The number of aliphatic hydroxyl groups excluding tert-OH is 1. The van der Waals surface area contributed by atoms with Gasteiger partial charge >= 0.3 is 0 Å². The van der Waals surface area contributed by atoms with E-state index >= 15 is 0 Å². The summed E-state index contributed by atoms with van der Waals surface area (Å²) in [4.78, 5) is 0. The van der Waals surface area contributed by atoms with Gasteiger partial charge in [-0.2, -0.15) is 0 Å². The highest BCUT2D eigenvalue weighted by Crippen LogP contribution is 2.48. The maximum Gasteiger partial charge on any atom is 0.127 e. The summed E-state index contributed by atoms with van der Waals surface area (Å²) in [6, 6.07) is 2.93. The van der Waals surface area contributed by atoms with E-state index in [2.05, 4.69) is 6.92 Å². The van der Waals surface area contributed by atoms with Crippen molar-refractivity contribution in [3.8, 4) is 0 Å². The third-order valence-corrected chi connectivity index (χ3v) is 3.50. The molecule has 1 aliphatic rings. The molecule has 1 aromatic rings. The normalized spacial score (nSPS) is 26.5. The van der Waals surface area contributed by atoms with Gasteiger partial charge in [-0.25, -0.2) is 4.39 Å². The summed E-state index contributed by atoms with van der Waals surface area (Å²) in [6.07, 6.45) is 0.472. The standard InChI is InChI=1S/C12H14ClFO/c1-6-3-8(6)12(15)9-4-7(2)11(14)5-10(9)13/h4-6,8,12,15H,3H2,1-2H3. The molecule has 0 radical (unpaired) electrons. The zero-order chi connectivity index (χ0) is 11.2. The van der Waals surface area contributed by atoms with Crippen molar-refractivity contribution in [1.82, 2.24) is 0 Å². The predicted octanol–water partition coefficient (Wildman–Crippen LogP) is 3.48. The number of hydrogen-bond acceptors (Lipinski definition) is 1. The first-order valence-electron chi connectivity index (χ1n) is 5.14. The molecule has 0 aliphatic heterocycles. The average Bonchev–Trinajstić information content (AvgIpc) is 2.88. The Kier molecular flexibility index (Phi) is 2.73. The van der Waals surface area contributed by atoms with Gasteiger partial charge < -0.3 is 5.11 Å². The first kappa shape index (κ1) is 10.9. The van der Waals surface area contributed by atoms with Crippen molar-refractivity contribution in [3.05, 3.63) is 34.1 Å². The molecule has 3 heteroatoms. The molecule has 0 amide bonds. The third-order valence-electron chi connectivity index (χ3n) is 3.17. The van der Waals surface area contributed by atoms with Crippen LogP contribution in [-0.4, -0.2) is 5.11 Å². The molecule has 1 aromatic carbocycles. The van der Waals surface area contributed by atoms with E-state index in [4.69, 9.17) is 11.6 Å². The number of aryl methyl sites for hydroxylation is 1. The summed E-state index contributed by atoms with van der Waals surface area (Å²) in [5.41, 5.74) is 1.19. The van der Waals surface area contributed by atoms with Crippen LogP contribution in [0, 0.1) is 24.6 Å². The van der Waals surface area contributed by atoms with Gasteiger partial charge in [0, 0.05) is 5.02 Å². The molecule has 1 N–H and O–H groups in total. The average molecular weight is 229 g/mol. The third kappa shape index (κ3) is 2.01. The summed E-state index contributed by atoms with van der Waals surface area (Å²) in [5, 5.41) is 10.3. The van der Waals surface area contributed by atoms with Crippen molar-refractivity contribution in [3.63, 3.8) is 0 Å². The molecule has 3 unspecified atom stereocenters. The fraction of sp³-hybridized carbons (Fsp3) is 0.500. The summed E-state index contributed by atoms with van der Waals surface area (Å²) in [6.45, 7) is 3.77. The van der Waals surface area contributed by atoms with Crippen molar-refractivity contribution in [2.75, 3.05) is 0 Å². The van der Waals surface area contributed by atoms with Crippen LogP contribution in [0.25, 0.3) is 0 Å². The van der Waals surface area contributed by atoms with Crippen molar-refractivity contribution in [1.29, 1.82) is 0 Å². The second-order valence-electron chi connectivity index (χ2n) is 4.44. The van der Waals surface area contributed by atoms with Gasteiger partial charge in [0.05, 0.1) is 6.10 Å². The number of halogens is 2. The van der Waals surface area contributed by atoms with E-state index in [1.54, 1.807) is 13.0 Å². The molecule has 82 valence electrons. The SMILES string of the molecule is Cc1cc(C(O)C2CC2C)c(Cl)cc1F. The zero-order valence-electron chi connectivity index (χ0n) is 8.80. The molecule has 0 spiro atoms. The maximum atomic E-state index is 13.2. The molecular weight excluding hydrogens is 215 g/mol. The zero-order valence-corrected chi connectivity index (χ0v) is 9.55. The van der Waals surface area contributed by atoms with Crippen molar-refractivity contribution in [2.24, 2.45) is 11.8 Å². The summed E-state index contributed by atoms with van der Waals surface area (Å²) >= 11 is 5.92. The number of benzene rings is 1. The lowest BCUT2D eigenvalue weighted by atomic mass is 10.0. The van der Waals surface area contributed by atoms with Gasteiger partial charge in [-0.15, -0.1) is 0 Å². The Balaban J connectivity index is 2.31. The molecule has 1 nitrogen and oxygen atoms in total. The van der Waals surface area contributed by atoms with E-state index in [0.717, 1.165) is 6.42 Å². The van der Waals surface area contributed by atoms with Crippen LogP contribution >= 0.6 is 11.6 Å². The van der Waals surface area contributed by atoms with E-state index in [9.17, 15) is 9.50 Å². The molecule has 0 heterocycles. The highest BCUT2D eigenvalue weighted by molar-refractivity contribution is 6.31. The van der Waals surface area contributed by atoms with Gasteiger partial charge in [0.1, 0.15) is 5.82 Å². The molecule has 1 fully saturated rings. The van der Waals surface area contributed by atoms with Crippen LogP contribution in [0.15, 0.2) is 12.1 Å². The smallest absolute Gasteiger partial charge is 0.127 e. The van der Waals surface area contributed by atoms with Gasteiger partial charge in [0.2, 0.25) is 0 Å². The molecule has 1 saturated carbocycles. The fourth-order valence-corrected chi connectivity index (χ4v) is 2.19. The van der Waals surface area contributed by atoms with Crippen LogP contribution in [0.5, 0.6) is 0 Å². The minimum absolute atomic E-state index is 0.285. The van der Waals surface area contributed by atoms with Crippen molar-refractivity contribution in [2.45, 2.75) is 26.4 Å². The number of rotatable bonds is 2. The van der Waals surface area contributed by atoms with Gasteiger partial charge in [-0.3, -0.25) is 0 Å². The first-order chi connectivity index (χ1) is 7.00. The van der Waals surface area contributed by atoms with E-state index in [1.807, 2.05) is 0 Å². The largest absolute Gasteiger partial charge is 0.388 e. The molecule has 0 aromatic heterocycles. The Bertz CT molecular complexity index is 391. The lowest BCUT2D eigenvalue weighted by Crippen LogP contribution is -2.03. The van der Waals surface area contributed by atoms with E-state index in [0.29, 0.717) is 22.1 Å². The Morgan fingerprint density at radius 1 is 1.53 bits per heavy atom. The fourth-order valence-electron chi connectivity index (χ4n) is 1.93. The number of aliphatic hydroxyl groups is 1. The molecule has 0 bridgehead atoms.